The van der Waals surface area contributed by atoms with Gasteiger partial charge in [-0.2, -0.15) is 0 Å². The van der Waals surface area contributed by atoms with Crippen molar-refractivity contribution in [2.45, 2.75) is 6.42 Å². The van der Waals surface area contributed by atoms with Crippen LogP contribution < -0.4 is 15.4 Å². The highest BCUT2D eigenvalue weighted by Crippen LogP contribution is 2.25. The van der Waals surface area contributed by atoms with E-state index in [0.717, 1.165) is 49.4 Å². The van der Waals surface area contributed by atoms with E-state index in [9.17, 15) is 4.79 Å². The van der Waals surface area contributed by atoms with Crippen LogP contribution in [0.1, 0.15) is 16.8 Å². The van der Waals surface area contributed by atoms with Gasteiger partial charge in [0.2, 0.25) is 0 Å². The minimum absolute atomic E-state index is 0.0429. The van der Waals surface area contributed by atoms with Gasteiger partial charge in [0.15, 0.2) is 0 Å². The Morgan fingerprint density at radius 2 is 2.19 bits per heavy atom. The van der Waals surface area contributed by atoms with E-state index in [2.05, 4.69) is 31.5 Å². The molecule has 2 rings (SSSR count). The molecule has 0 saturated carbocycles. The number of carbonyl (C=O) groups is 1. The lowest BCUT2D eigenvalue weighted by molar-refractivity contribution is 0.0951. The molecule has 0 unspecified atom stereocenters. The summed E-state index contributed by atoms with van der Waals surface area (Å²) in [5.74, 6) is 0.684. The van der Waals surface area contributed by atoms with Gasteiger partial charge in [0.1, 0.15) is 5.75 Å². The maximum atomic E-state index is 12.1. The molecule has 0 spiro atoms. The summed E-state index contributed by atoms with van der Waals surface area (Å²) in [5, 5.41) is 6.29. The molecule has 1 aromatic rings. The summed E-state index contributed by atoms with van der Waals surface area (Å²) in [7, 11) is 1.61. The smallest absolute Gasteiger partial charge is 0.251 e. The van der Waals surface area contributed by atoms with Crippen molar-refractivity contribution in [1.82, 2.24) is 15.5 Å². The Balaban J connectivity index is 1.72. The average Bonchev–Trinajstić information content (AvgIpc) is 2.52. The SMILES string of the molecule is COc1ccc(C(=O)NCCCN2CCNCC2)cc1Br. The van der Waals surface area contributed by atoms with E-state index in [-0.39, 0.29) is 5.91 Å². The maximum Gasteiger partial charge on any atom is 0.251 e. The number of hydrogen-bond donors (Lipinski definition) is 2. The predicted molar refractivity (Wildman–Crippen MR) is 87.0 cm³/mol. The highest BCUT2D eigenvalue weighted by molar-refractivity contribution is 9.10. The molecule has 0 bridgehead atoms. The van der Waals surface area contributed by atoms with E-state index in [1.165, 1.54) is 0 Å². The quantitative estimate of drug-likeness (QED) is 0.759. The third kappa shape index (κ3) is 4.98. The zero-order chi connectivity index (χ0) is 15.1. The molecular weight excluding hydrogens is 334 g/mol. The standard InChI is InChI=1S/C15H22BrN3O2/c1-21-14-4-3-12(11-13(14)16)15(20)18-5-2-8-19-9-6-17-7-10-19/h3-4,11,17H,2,5-10H2,1H3,(H,18,20). The van der Waals surface area contributed by atoms with Gasteiger partial charge in [-0.15, -0.1) is 0 Å². The third-order valence-electron chi connectivity index (χ3n) is 3.56. The minimum atomic E-state index is -0.0429. The molecule has 1 aliphatic heterocycles. The fourth-order valence-electron chi connectivity index (χ4n) is 2.35. The molecular formula is C15H22BrN3O2. The first kappa shape index (κ1) is 16.3. The van der Waals surface area contributed by atoms with E-state index in [1.54, 1.807) is 25.3 Å². The zero-order valence-corrected chi connectivity index (χ0v) is 13.9. The van der Waals surface area contributed by atoms with Gasteiger partial charge in [-0.3, -0.25) is 4.79 Å². The lowest BCUT2D eigenvalue weighted by atomic mass is 10.2. The Morgan fingerprint density at radius 3 is 2.86 bits per heavy atom. The monoisotopic (exact) mass is 355 g/mol. The number of halogens is 1. The van der Waals surface area contributed by atoms with Crippen LogP contribution in [0, 0.1) is 0 Å². The van der Waals surface area contributed by atoms with Crippen LogP contribution in [-0.2, 0) is 0 Å². The number of piperazine rings is 1. The van der Waals surface area contributed by atoms with Gasteiger partial charge in [0.05, 0.1) is 11.6 Å². The topological polar surface area (TPSA) is 53.6 Å². The van der Waals surface area contributed by atoms with Crippen LogP contribution in [0.3, 0.4) is 0 Å². The van der Waals surface area contributed by atoms with Crippen LogP contribution in [0.5, 0.6) is 5.75 Å². The Hall–Kier alpha value is -1.11. The fraction of sp³-hybridized carbons (Fsp3) is 0.533. The number of amides is 1. The number of benzene rings is 1. The highest BCUT2D eigenvalue weighted by Gasteiger charge is 2.10. The number of nitrogens with one attached hydrogen (secondary N) is 2. The van der Waals surface area contributed by atoms with E-state index in [1.807, 2.05) is 0 Å². The molecule has 1 saturated heterocycles. The normalized spacial score (nSPS) is 15.7. The predicted octanol–water partition coefficient (Wildman–Crippen LogP) is 1.48. The first-order valence-electron chi connectivity index (χ1n) is 7.25. The van der Waals surface area contributed by atoms with Gasteiger partial charge in [-0.05, 0) is 47.1 Å². The molecule has 1 fully saturated rings. The highest BCUT2D eigenvalue weighted by atomic mass is 79.9. The summed E-state index contributed by atoms with van der Waals surface area (Å²) >= 11 is 3.39. The summed E-state index contributed by atoms with van der Waals surface area (Å²) in [4.78, 5) is 14.5. The van der Waals surface area contributed by atoms with Crippen LogP contribution in [0.2, 0.25) is 0 Å². The lowest BCUT2D eigenvalue weighted by Gasteiger charge is -2.27. The third-order valence-corrected chi connectivity index (χ3v) is 4.18. The van der Waals surface area contributed by atoms with E-state index >= 15 is 0 Å². The molecule has 0 radical (unpaired) electrons. The molecule has 6 heteroatoms. The summed E-state index contributed by atoms with van der Waals surface area (Å²) < 4.78 is 5.95. The Labute approximate surface area is 134 Å². The van der Waals surface area contributed by atoms with Gasteiger partial charge < -0.3 is 20.3 Å². The Bertz CT molecular complexity index is 476. The van der Waals surface area contributed by atoms with Crippen molar-refractivity contribution in [3.63, 3.8) is 0 Å². The molecule has 1 aliphatic rings. The van der Waals surface area contributed by atoms with Crippen LogP contribution in [0.4, 0.5) is 0 Å². The van der Waals surface area contributed by atoms with Crippen molar-refractivity contribution >= 4 is 21.8 Å². The molecule has 21 heavy (non-hydrogen) atoms. The molecule has 1 aromatic carbocycles. The van der Waals surface area contributed by atoms with Crippen molar-refractivity contribution in [2.75, 3.05) is 46.4 Å². The van der Waals surface area contributed by atoms with Crippen molar-refractivity contribution in [3.05, 3.63) is 28.2 Å². The summed E-state index contributed by atoms with van der Waals surface area (Å²) in [6.07, 6.45) is 0.975. The molecule has 0 aliphatic carbocycles. The molecule has 1 amide bonds. The molecule has 1 heterocycles. The molecule has 0 aromatic heterocycles. The van der Waals surface area contributed by atoms with Gasteiger partial charge in [0, 0.05) is 38.3 Å². The first-order chi connectivity index (χ1) is 10.2. The van der Waals surface area contributed by atoms with E-state index < -0.39 is 0 Å². The second-order valence-electron chi connectivity index (χ2n) is 5.05. The second kappa shape index (κ2) is 8.36. The van der Waals surface area contributed by atoms with Crippen molar-refractivity contribution < 1.29 is 9.53 Å². The summed E-state index contributed by atoms with van der Waals surface area (Å²) in [5.41, 5.74) is 0.643. The van der Waals surface area contributed by atoms with Gasteiger partial charge in [0.25, 0.3) is 5.91 Å². The number of ether oxygens (including phenoxy) is 1. The summed E-state index contributed by atoms with van der Waals surface area (Å²) in [6.45, 7) is 6.05. The largest absolute Gasteiger partial charge is 0.496 e. The maximum absolute atomic E-state index is 12.1. The van der Waals surface area contributed by atoms with Gasteiger partial charge in [-0.1, -0.05) is 0 Å². The number of rotatable bonds is 6. The van der Waals surface area contributed by atoms with Gasteiger partial charge >= 0.3 is 0 Å². The van der Waals surface area contributed by atoms with E-state index in [0.29, 0.717) is 12.1 Å². The molecule has 0 atom stereocenters. The molecule has 2 N–H and O–H groups in total. The Kier molecular flexibility index (Phi) is 6.48. The van der Waals surface area contributed by atoms with Crippen LogP contribution in [0.15, 0.2) is 22.7 Å². The second-order valence-corrected chi connectivity index (χ2v) is 5.90. The van der Waals surface area contributed by atoms with Crippen molar-refractivity contribution in [2.24, 2.45) is 0 Å². The van der Waals surface area contributed by atoms with E-state index in [4.69, 9.17) is 4.74 Å². The van der Waals surface area contributed by atoms with Gasteiger partial charge in [-0.25, -0.2) is 0 Å². The molecule has 5 nitrogen and oxygen atoms in total. The number of hydrogen-bond acceptors (Lipinski definition) is 4. The zero-order valence-electron chi connectivity index (χ0n) is 12.3. The minimum Gasteiger partial charge on any atom is -0.496 e. The fourth-order valence-corrected chi connectivity index (χ4v) is 2.89. The Morgan fingerprint density at radius 1 is 1.43 bits per heavy atom. The number of nitrogens with zero attached hydrogens (tertiary/aromatic N) is 1. The lowest BCUT2D eigenvalue weighted by Crippen LogP contribution is -2.44. The number of methoxy groups -OCH3 is 1. The van der Waals surface area contributed by atoms with Crippen LogP contribution in [-0.4, -0.2) is 57.2 Å². The summed E-state index contributed by atoms with van der Waals surface area (Å²) in [6, 6.07) is 5.35. The van der Waals surface area contributed by atoms with Crippen LogP contribution >= 0.6 is 15.9 Å². The van der Waals surface area contributed by atoms with Crippen molar-refractivity contribution in [1.29, 1.82) is 0 Å². The van der Waals surface area contributed by atoms with Crippen molar-refractivity contribution in [3.8, 4) is 5.75 Å². The van der Waals surface area contributed by atoms with Crippen LogP contribution in [0.25, 0.3) is 0 Å². The molecule has 116 valence electrons. The number of carbonyl (C=O) groups excluding carboxylic acids is 1. The average molecular weight is 356 g/mol. The first-order valence-corrected chi connectivity index (χ1v) is 8.05.